The molecule has 0 aliphatic carbocycles. The predicted molar refractivity (Wildman–Crippen MR) is 87.3 cm³/mol. The minimum absolute atomic E-state index is 0.0880. The molecule has 122 valence electrons. The van der Waals surface area contributed by atoms with Crippen LogP contribution in [0.3, 0.4) is 0 Å². The zero-order valence-corrected chi connectivity index (χ0v) is 13.6. The normalized spacial score (nSPS) is 17.8. The van der Waals surface area contributed by atoms with Crippen LogP contribution in [0.25, 0.3) is 0 Å². The lowest BCUT2D eigenvalue weighted by atomic mass is 10.0. The van der Waals surface area contributed by atoms with Gasteiger partial charge in [0.25, 0.3) is 5.91 Å². The Balaban J connectivity index is 1.70. The predicted octanol–water partition coefficient (Wildman–Crippen LogP) is 3.55. The standard InChI is InChI=1S/C18H27NO3/c1-3-4-5-6-9-14(2)12-19-18(20)17-13-21-15-10-7-8-11-16(15)22-17/h7-8,10-11,14,17H,3-6,9,12-13H2,1-2H3,(H,19,20). The summed E-state index contributed by atoms with van der Waals surface area (Å²) in [6.45, 7) is 5.37. The lowest BCUT2D eigenvalue weighted by molar-refractivity contribution is -0.130. The fraction of sp³-hybridized carbons (Fsp3) is 0.611. The van der Waals surface area contributed by atoms with Crippen molar-refractivity contribution in [3.8, 4) is 11.5 Å². The lowest BCUT2D eigenvalue weighted by Crippen LogP contribution is -2.45. The van der Waals surface area contributed by atoms with Gasteiger partial charge in [-0.2, -0.15) is 0 Å². The van der Waals surface area contributed by atoms with Crippen molar-refractivity contribution in [3.05, 3.63) is 24.3 Å². The third kappa shape index (κ3) is 4.93. The Labute approximate surface area is 133 Å². The number of unbranched alkanes of at least 4 members (excludes halogenated alkanes) is 3. The largest absolute Gasteiger partial charge is 0.485 e. The molecule has 22 heavy (non-hydrogen) atoms. The van der Waals surface area contributed by atoms with Gasteiger partial charge in [-0.3, -0.25) is 4.79 Å². The summed E-state index contributed by atoms with van der Waals surface area (Å²) in [5.41, 5.74) is 0. The molecule has 2 atom stereocenters. The van der Waals surface area contributed by atoms with Crippen molar-refractivity contribution >= 4 is 5.91 Å². The second-order valence-electron chi connectivity index (χ2n) is 6.06. The molecule has 1 heterocycles. The molecule has 1 amide bonds. The Morgan fingerprint density at radius 3 is 2.82 bits per heavy atom. The van der Waals surface area contributed by atoms with Crippen molar-refractivity contribution in [1.29, 1.82) is 0 Å². The minimum atomic E-state index is -0.554. The molecule has 1 aliphatic rings. The number of rotatable bonds is 8. The van der Waals surface area contributed by atoms with Crippen molar-refractivity contribution in [3.63, 3.8) is 0 Å². The second kappa shape index (κ2) is 8.66. The average molecular weight is 305 g/mol. The van der Waals surface area contributed by atoms with E-state index in [1.165, 1.54) is 25.7 Å². The molecule has 0 spiro atoms. The Morgan fingerprint density at radius 2 is 2.05 bits per heavy atom. The summed E-state index contributed by atoms with van der Waals surface area (Å²) in [4.78, 5) is 12.2. The van der Waals surface area contributed by atoms with E-state index in [1.54, 1.807) is 0 Å². The zero-order valence-electron chi connectivity index (χ0n) is 13.6. The first-order valence-corrected chi connectivity index (χ1v) is 8.37. The van der Waals surface area contributed by atoms with Gasteiger partial charge in [0, 0.05) is 6.54 Å². The van der Waals surface area contributed by atoms with E-state index >= 15 is 0 Å². The van der Waals surface area contributed by atoms with Gasteiger partial charge in [0.05, 0.1) is 0 Å². The molecule has 2 rings (SSSR count). The van der Waals surface area contributed by atoms with Gasteiger partial charge in [0.1, 0.15) is 6.61 Å². The highest BCUT2D eigenvalue weighted by Gasteiger charge is 2.27. The monoisotopic (exact) mass is 305 g/mol. The maximum Gasteiger partial charge on any atom is 0.264 e. The molecule has 1 aromatic carbocycles. The highest BCUT2D eigenvalue weighted by atomic mass is 16.6. The number of carbonyl (C=O) groups is 1. The van der Waals surface area contributed by atoms with Crippen LogP contribution in [0.2, 0.25) is 0 Å². The quantitative estimate of drug-likeness (QED) is 0.747. The molecule has 1 aliphatic heterocycles. The summed E-state index contributed by atoms with van der Waals surface area (Å²) in [6, 6.07) is 7.44. The number of ether oxygens (including phenoxy) is 2. The second-order valence-corrected chi connectivity index (χ2v) is 6.06. The first kappa shape index (κ1) is 16.7. The summed E-state index contributed by atoms with van der Waals surface area (Å²) in [7, 11) is 0. The molecule has 2 unspecified atom stereocenters. The van der Waals surface area contributed by atoms with Crippen LogP contribution in [0.15, 0.2) is 24.3 Å². The van der Waals surface area contributed by atoms with Crippen LogP contribution in [0.4, 0.5) is 0 Å². The summed E-state index contributed by atoms with van der Waals surface area (Å²) in [5, 5.41) is 2.98. The SMILES string of the molecule is CCCCCCC(C)CNC(=O)C1COc2ccccc2O1. The number of para-hydroxylation sites is 2. The Morgan fingerprint density at radius 1 is 1.27 bits per heavy atom. The third-order valence-electron chi connectivity index (χ3n) is 3.98. The fourth-order valence-electron chi connectivity index (χ4n) is 2.56. The molecule has 0 radical (unpaired) electrons. The number of carbonyl (C=O) groups excluding carboxylic acids is 1. The molecule has 4 heteroatoms. The Hall–Kier alpha value is -1.71. The molecule has 1 N–H and O–H groups in total. The van der Waals surface area contributed by atoms with Gasteiger partial charge in [-0.25, -0.2) is 0 Å². The molecule has 1 aromatic rings. The highest BCUT2D eigenvalue weighted by molar-refractivity contribution is 5.81. The van der Waals surface area contributed by atoms with Crippen LogP contribution >= 0.6 is 0 Å². The molecule has 0 fully saturated rings. The summed E-state index contributed by atoms with van der Waals surface area (Å²) in [6.07, 6.45) is 5.68. The van der Waals surface area contributed by atoms with E-state index in [9.17, 15) is 4.79 Å². The minimum Gasteiger partial charge on any atom is -0.485 e. The number of fused-ring (bicyclic) bond motifs is 1. The van der Waals surface area contributed by atoms with Gasteiger partial charge < -0.3 is 14.8 Å². The molecule has 0 saturated heterocycles. The van der Waals surface area contributed by atoms with E-state index in [-0.39, 0.29) is 12.5 Å². The molecule has 0 saturated carbocycles. The van der Waals surface area contributed by atoms with Gasteiger partial charge >= 0.3 is 0 Å². The van der Waals surface area contributed by atoms with E-state index in [4.69, 9.17) is 9.47 Å². The maximum absolute atomic E-state index is 12.2. The smallest absolute Gasteiger partial charge is 0.264 e. The first-order chi connectivity index (χ1) is 10.7. The summed E-state index contributed by atoms with van der Waals surface area (Å²) >= 11 is 0. The van der Waals surface area contributed by atoms with Gasteiger partial charge in [-0.1, -0.05) is 51.7 Å². The summed E-state index contributed by atoms with van der Waals surface area (Å²) < 4.78 is 11.3. The van der Waals surface area contributed by atoms with Crippen molar-refractivity contribution in [1.82, 2.24) is 5.32 Å². The van der Waals surface area contributed by atoms with E-state index in [0.717, 1.165) is 6.42 Å². The average Bonchev–Trinajstić information content (AvgIpc) is 2.56. The molecule has 0 aromatic heterocycles. The van der Waals surface area contributed by atoms with Crippen LogP contribution in [-0.2, 0) is 4.79 Å². The van der Waals surface area contributed by atoms with Crippen LogP contribution in [0.5, 0.6) is 11.5 Å². The third-order valence-corrected chi connectivity index (χ3v) is 3.98. The van der Waals surface area contributed by atoms with E-state index in [0.29, 0.717) is 24.0 Å². The van der Waals surface area contributed by atoms with Crippen molar-refractivity contribution in [2.45, 2.75) is 52.1 Å². The highest BCUT2D eigenvalue weighted by Crippen LogP contribution is 2.30. The van der Waals surface area contributed by atoms with E-state index < -0.39 is 6.10 Å². The van der Waals surface area contributed by atoms with Gasteiger partial charge in [0.2, 0.25) is 6.10 Å². The van der Waals surface area contributed by atoms with Gasteiger partial charge in [-0.15, -0.1) is 0 Å². The fourth-order valence-corrected chi connectivity index (χ4v) is 2.56. The van der Waals surface area contributed by atoms with Crippen molar-refractivity contribution in [2.24, 2.45) is 5.92 Å². The van der Waals surface area contributed by atoms with Gasteiger partial charge in [-0.05, 0) is 24.5 Å². The molecule has 0 bridgehead atoms. The van der Waals surface area contributed by atoms with Crippen LogP contribution in [0, 0.1) is 5.92 Å². The van der Waals surface area contributed by atoms with E-state index in [2.05, 4.69) is 19.2 Å². The van der Waals surface area contributed by atoms with Crippen molar-refractivity contribution < 1.29 is 14.3 Å². The summed E-state index contributed by atoms with van der Waals surface area (Å²) in [5.74, 6) is 1.75. The number of hydrogen-bond acceptors (Lipinski definition) is 3. The number of amides is 1. The number of nitrogens with one attached hydrogen (secondary N) is 1. The number of hydrogen-bond donors (Lipinski definition) is 1. The maximum atomic E-state index is 12.2. The Kier molecular flexibility index (Phi) is 6.56. The lowest BCUT2D eigenvalue weighted by Gasteiger charge is -2.26. The molecular formula is C18H27NO3. The van der Waals surface area contributed by atoms with Crippen LogP contribution < -0.4 is 14.8 Å². The van der Waals surface area contributed by atoms with Crippen LogP contribution in [-0.4, -0.2) is 25.2 Å². The van der Waals surface area contributed by atoms with Gasteiger partial charge in [0.15, 0.2) is 11.5 Å². The molecule has 4 nitrogen and oxygen atoms in total. The topological polar surface area (TPSA) is 47.6 Å². The zero-order chi connectivity index (χ0) is 15.8. The number of benzene rings is 1. The Bertz CT molecular complexity index is 475. The molecular weight excluding hydrogens is 278 g/mol. The van der Waals surface area contributed by atoms with Crippen LogP contribution in [0.1, 0.15) is 46.0 Å². The van der Waals surface area contributed by atoms with E-state index in [1.807, 2.05) is 24.3 Å². The first-order valence-electron chi connectivity index (χ1n) is 8.37. The van der Waals surface area contributed by atoms with Crippen molar-refractivity contribution in [2.75, 3.05) is 13.2 Å².